The first-order chi connectivity index (χ1) is 12.4. The number of nitrogens with one attached hydrogen (secondary N) is 1. The highest BCUT2D eigenvalue weighted by Crippen LogP contribution is 2.24. The molecule has 4 rings (SSSR count). The van der Waals surface area contributed by atoms with Crippen LogP contribution in [-0.2, 0) is 11.3 Å². The largest absolute Gasteiger partial charge is 0.352 e. The fourth-order valence-corrected chi connectivity index (χ4v) is 3.13. The lowest BCUT2D eigenvalue weighted by Crippen LogP contribution is -2.34. The van der Waals surface area contributed by atoms with Gasteiger partial charge < -0.3 is 9.84 Å². The summed E-state index contributed by atoms with van der Waals surface area (Å²) in [5.74, 6) is 0.794. The molecule has 1 aromatic carbocycles. The van der Waals surface area contributed by atoms with E-state index in [-0.39, 0.29) is 30.2 Å². The van der Waals surface area contributed by atoms with Crippen LogP contribution in [0.15, 0.2) is 27.5 Å². The van der Waals surface area contributed by atoms with Crippen molar-refractivity contribution in [1.82, 2.24) is 24.6 Å². The molecule has 0 spiro atoms. The third kappa shape index (κ3) is 2.91. The number of aryl methyl sites for hydroxylation is 1. The Balaban J connectivity index is 1.82. The molecule has 3 aromatic rings. The third-order valence-electron chi connectivity index (χ3n) is 4.51. The first-order valence-corrected chi connectivity index (χ1v) is 8.79. The van der Waals surface area contributed by atoms with Crippen molar-refractivity contribution in [3.63, 3.8) is 0 Å². The average molecular weight is 355 g/mol. The predicted octanol–water partition coefficient (Wildman–Crippen LogP) is 2.02. The van der Waals surface area contributed by atoms with Gasteiger partial charge in [0.2, 0.25) is 17.6 Å². The topological polar surface area (TPSA) is 95.0 Å². The summed E-state index contributed by atoms with van der Waals surface area (Å²) in [6, 6.07) is 5.81. The average Bonchev–Trinajstić information content (AvgIpc) is 3.22. The Kier molecular flexibility index (Phi) is 3.90. The normalized spacial score (nSPS) is 14.3. The molecule has 26 heavy (non-hydrogen) atoms. The minimum absolute atomic E-state index is 0.000276. The van der Waals surface area contributed by atoms with Crippen molar-refractivity contribution < 1.29 is 9.32 Å². The van der Waals surface area contributed by atoms with E-state index >= 15 is 0 Å². The number of hydrogen-bond acceptors (Lipinski definition) is 5. The first kappa shape index (κ1) is 16.6. The molecule has 1 N–H and O–H groups in total. The van der Waals surface area contributed by atoms with Crippen molar-refractivity contribution in [3.8, 4) is 11.4 Å². The van der Waals surface area contributed by atoms with E-state index in [0.717, 1.165) is 23.9 Å². The lowest BCUT2D eigenvalue weighted by molar-refractivity contribution is -0.121. The van der Waals surface area contributed by atoms with Gasteiger partial charge in [-0.05, 0) is 44.9 Å². The van der Waals surface area contributed by atoms with Crippen LogP contribution >= 0.6 is 0 Å². The van der Waals surface area contributed by atoms with Gasteiger partial charge in [-0.25, -0.2) is 4.79 Å². The maximum Gasteiger partial charge on any atom is 0.329 e. The Morgan fingerprint density at radius 2 is 2.12 bits per heavy atom. The van der Waals surface area contributed by atoms with E-state index in [0.29, 0.717) is 17.2 Å². The number of amides is 1. The highest BCUT2D eigenvalue weighted by atomic mass is 16.5. The third-order valence-corrected chi connectivity index (χ3v) is 4.51. The second-order valence-corrected chi connectivity index (χ2v) is 7.01. The molecule has 1 aliphatic rings. The van der Waals surface area contributed by atoms with Crippen molar-refractivity contribution in [2.24, 2.45) is 0 Å². The quantitative estimate of drug-likeness (QED) is 0.755. The van der Waals surface area contributed by atoms with Crippen LogP contribution < -0.4 is 11.0 Å². The number of benzene rings is 1. The van der Waals surface area contributed by atoms with Crippen molar-refractivity contribution in [3.05, 3.63) is 34.6 Å². The van der Waals surface area contributed by atoms with Gasteiger partial charge in [-0.15, -0.1) is 0 Å². The van der Waals surface area contributed by atoms with E-state index < -0.39 is 0 Å². The lowest BCUT2D eigenvalue weighted by Gasteiger charge is -2.06. The minimum atomic E-state index is -0.192. The summed E-state index contributed by atoms with van der Waals surface area (Å²) in [6.45, 7) is 5.63. The van der Waals surface area contributed by atoms with E-state index in [1.807, 2.05) is 32.0 Å². The van der Waals surface area contributed by atoms with Crippen molar-refractivity contribution in [2.45, 2.75) is 52.2 Å². The molecule has 0 saturated heterocycles. The summed E-state index contributed by atoms with van der Waals surface area (Å²) >= 11 is 0. The standard InChI is InChI=1S/C18H21N5O3/c1-10(2)23-14-7-4-12(17-19-11(3)26-21-17)8-15(14)22(18(23)25)9-16(24)20-13-5-6-13/h4,7-8,10,13H,5-6,9H2,1-3H3,(H,20,24). The number of carbonyl (C=O) groups excluding carboxylic acids is 1. The molecule has 2 aromatic heterocycles. The molecular weight excluding hydrogens is 334 g/mol. The molecule has 0 bridgehead atoms. The molecule has 0 radical (unpaired) electrons. The Bertz CT molecular complexity index is 1040. The molecule has 136 valence electrons. The zero-order valence-electron chi connectivity index (χ0n) is 15.0. The van der Waals surface area contributed by atoms with Gasteiger partial charge in [0.15, 0.2) is 0 Å². The van der Waals surface area contributed by atoms with E-state index in [1.165, 1.54) is 4.57 Å². The maximum absolute atomic E-state index is 12.9. The van der Waals surface area contributed by atoms with Gasteiger partial charge in [0.05, 0.1) is 11.0 Å². The Labute approximate surface area is 149 Å². The maximum atomic E-state index is 12.9. The van der Waals surface area contributed by atoms with Crippen LogP contribution in [0.5, 0.6) is 0 Å². The molecule has 0 unspecified atom stereocenters. The van der Waals surface area contributed by atoms with Crippen molar-refractivity contribution in [1.29, 1.82) is 0 Å². The monoisotopic (exact) mass is 355 g/mol. The molecule has 8 heteroatoms. The number of nitrogens with zero attached hydrogens (tertiary/aromatic N) is 4. The molecule has 0 atom stereocenters. The summed E-state index contributed by atoms with van der Waals surface area (Å²) < 4.78 is 8.26. The minimum Gasteiger partial charge on any atom is -0.352 e. The SMILES string of the molecule is Cc1nc(-c2ccc3c(c2)n(CC(=O)NC2CC2)c(=O)n3C(C)C)no1. The molecule has 8 nitrogen and oxygen atoms in total. The number of fused-ring (bicyclic) bond motifs is 1. The molecule has 1 fully saturated rings. The summed E-state index contributed by atoms with van der Waals surface area (Å²) in [5.41, 5.74) is 2.02. The molecular formula is C18H21N5O3. The van der Waals surface area contributed by atoms with Crippen LogP contribution in [0.1, 0.15) is 38.6 Å². The van der Waals surface area contributed by atoms with Crippen LogP contribution in [0.2, 0.25) is 0 Å². The summed E-state index contributed by atoms with van der Waals surface area (Å²) in [5, 5.41) is 6.87. The molecule has 1 aliphatic carbocycles. The van der Waals surface area contributed by atoms with Crippen LogP contribution in [0.3, 0.4) is 0 Å². The number of hydrogen-bond donors (Lipinski definition) is 1. The number of aromatic nitrogens is 4. The number of imidazole rings is 1. The fraction of sp³-hybridized carbons (Fsp3) is 0.444. The summed E-state index contributed by atoms with van der Waals surface area (Å²) in [7, 11) is 0. The summed E-state index contributed by atoms with van der Waals surface area (Å²) in [6.07, 6.45) is 2.02. The van der Waals surface area contributed by atoms with Gasteiger partial charge in [-0.1, -0.05) is 5.16 Å². The first-order valence-electron chi connectivity index (χ1n) is 8.79. The lowest BCUT2D eigenvalue weighted by atomic mass is 10.2. The van der Waals surface area contributed by atoms with E-state index in [1.54, 1.807) is 11.5 Å². The van der Waals surface area contributed by atoms with Crippen LogP contribution in [0.4, 0.5) is 0 Å². The Morgan fingerprint density at radius 3 is 2.73 bits per heavy atom. The Hall–Kier alpha value is -2.90. The van der Waals surface area contributed by atoms with Gasteiger partial charge >= 0.3 is 5.69 Å². The van der Waals surface area contributed by atoms with Gasteiger partial charge in [0.25, 0.3) is 0 Å². The van der Waals surface area contributed by atoms with Crippen molar-refractivity contribution >= 4 is 16.9 Å². The van der Waals surface area contributed by atoms with Crippen molar-refractivity contribution in [2.75, 3.05) is 0 Å². The number of rotatable bonds is 5. The van der Waals surface area contributed by atoms with E-state index in [2.05, 4.69) is 15.5 Å². The predicted molar refractivity (Wildman–Crippen MR) is 95.8 cm³/mol. The van der Waals surface area contributed by atoms with Gasteiger partial charge in [-0.2, -0.15) is 4.98 Å². The molecule has 2 heterocycles. The fourth-order valence-electron chi connectivity index (χ4n) is 3.13. The smallest absolute Gasteiger partial charge is 0.329 e. The van der Waals surface area contributed by atoms with Gasteiger partial charge in [0.1, 0.15) is 6.54 Å². The molecule has 1 amide bonds. The van der Waals surface area contributed by atoms with Gasteiger partial charge in [-0.3, -0.25) is 13.9 Å². The second-order valence-electron chi connectivity index (χ2n) is 7.01. The Morgan fingerprint density at radius 1 is 1.35 bits per heavy atom. The van der Waals surface area contributed by atoms with Gasteiger partial charge in [0, 0.05) is 24.6 Å². The highest BCUT2D eigenvalue weighted by molar-refractivity contribution is 5.84. The van der Waals surface area contributed by atoms with E-state index in [4.69, 9.17) is 4.52 Å². The zero-order chi connectivity index (χ0) is 18.4. The van der Waals surface area contributed by atoms with Crippen LogP contribution in [-0.4, -0.2) is 31.2 Å². The van der Waals surface area contributed by atoms with E-state index in [9.17, 15) is 9.59 Å². The summed E-state index contributed by atoms with van der Waals surface area (Å²) in [4.78, 5) is 29.4. The number of carbonyl (C=O) groups is 1. The molecule has 1 saturated carbocycles. The second kappa shape index (κ2) is 6.12. The van der Waals surface area contributed by atoms with Crippen LogP contribution in [0.25, 0.3) is 22.4 Å². The molecule has 0 aliphatic heterocycles. The zero-order valence-corrected chi connectivity index (χ0v) is 15.0. The highest BCUT2D eigenvalue weighted by Gasteiger charge is 2.25. The van der Waals surface area contributed by atoms with Crippen LogP contribution in [0, 0.1) is 6.92 Å².